The summed E-state index contributed by atoms with van der Waals surface area (Å²) in [6.07, 6.45) is 0. The molecule has 3 aromatic rings. The molecule has 0 saturated carbocycles. The van der Waals surface area contributed by atoms with Crippen molar-refractivity contribution < 1.29 is 0 Å². The molecule has 0 spiro atoms. The number of nitrogens with zero attached hydrogens (tertiary/aromatic N) is 1. The maximum Gasteiger partial charge on any atom is 0.123 e. The van der Waals surface area contributed by atoms with Gasteiger partial charge in [0.05, 0.1) is 5.69 Å². The van der Waals surface area contributed by atoms with Crippen molar-refractivity contribution in [3.63, 3.8) is 0 Å². The first-order valence-corrected chi connectivity index (χ1v) is 7.49. The molecule has 0 radical (unpaired) electrons. The van der Waals surface area contributed by atoms with Crippen molar-refractivity contribution in [3.8, 4) is 21.7 Å². The molecule has 3 rings (SSSR count). The summed E-state index contributed by atoms with van der Waals surface area (Å²) in [5.41, 5.74) is 4.76. The summed E-state index contributed by atoms with van der Waals surface area (Å²) in [6.45, 7) is 0.818. The molecule has 0 bridgehead atoms. The number of hydrogen-bond acceptors (Lipinski definition) is 3. The number of benzene rings is 2. The zero-order valence-corrected chi connectivity index (χ0v) is 12.2. The summed E-state index contributed by atoms with van der Waals surface area (Å²) in [4.78, 5) is 4.63. The van der Waals surface area contributed by atoms with Gasteiger partial charge in [-0.3, -0.25) is 0 Å². The molecule has 0 aliphatic rings. The van der Waals surface area contributed by atoms with E-state index in [0.717, 1.165) is 17.2 Å². The molecule has 1 heterocycles. The highest BCUT2D eigenvalue weighted by molar-refractivity contribution is 7.13. The van der Waals surface area contributed by atoms with Crippen molar-refractivity contribution in [2.75, 3.05) is 7.05 Å². The monoisotopic (exact) mass is 280 g/mol. The van der Waals surface area contributed by atoms with Gasteiger partial charge in [-0.15, -0.1) is 11.3 Å². The Kier molecular flexibility index (Phi) is 3.90. The largest absolute Gasteiger partial charge is 0.314 e. The van der Waals surface area contributed by atoms with Crippen LogP contribution in [-0.4, -0.2) is 12.0 Å². The Labute approximate surface area is 123 Å². The number of aromatic nitrogens is 1. The van der Waals surface area contributed by atoms with Gasteiger partial charge < -0.3 is 5.32 Å². The van der Waals surface area contributed by atoms with E-state index in [2.05, 4.69) is 64.2 Å². The molecule has 0 saturated heterocycles. The van der Waals surface area contributed by atoms with Crippen LogP contribution in [0.3, 0.4) is 0 Å². The number of thiazole rings is 1. The highest BCUT2D eigenvalue weighted by Gasteiger charge is 2.04. The van der Waals surface area contributed by atoms with Crippen molar-refractivity contribution in [3.05, 3.63) is 65.7 Å². The number of rotatable bonds is 4. The van der Waals surface area contributed by atoms with Crippen LogP contribution in [0.2, 0.25) is 0 Å². The molecule has 3 heteroatoms. The Morgan fingerprint density at radius 2 is 1.55 bits per heavy atom. The van der Waals surface area contributed by atoms with E-state index in [0.29, 0.717) is 0 Å². The van der Waals surface area contributed by atoms with Gasteiger partial charge in [0.1, 0.15) is 5.01 Å². The highest BCUT2D eigenvalue weighted by atomic mass is 32.1. The van der Waals surface area contributed by atoms with Crippen molar-refractivity contribution in [1.29, 1.82) is 0 Å². The first-order chi connectivity index (χ1) is 9.86. The summed E-state index contributed by atoms with van der Waals surface area (Å²) in [5, 5.41) is 6.31. The molecule has 0 amide bonds. The van der Waals surface area contributed by atoms with E-state index in [1.54, 1.807) is 11.3 Å². The van der Waals surface area contributed by atoms with Gasteiger partial charge in [0.2, 0.25) is 0 Å². The lowest BCUT2D eigenvalue weighted by Crippen LogP contribution is -2.04. The van der Waals surface area contributed by atoms with E-state index in [1.807, 2.05) is 13.1 Å². The minimum Gasteiger partial charge on any atom is -0.314 e. The van der Waals surface area contributed by atoms with Gasteiger partial charge >= 0.3 is 0 Å². The summed E-state index contributed by atoms with van der Waals surface area (Å²) in [7, 11) is 1.94. The number of hydrogen-bond donors (Lipinski definition) is 1. The lowest BCUT2D eigenvalue weighted by Gasteiger charge is -2.02. The van der Waals surface area contributed by atoms with E-state index in [9.17, 15) is 0 Å². The summed E-state index contributed by atoms with van der Waals surface area (Å²) < 4.78 is 0. The van der Waals surface area contributed by atoms with Gasteiger partial charge in [0.15, 0.2) is 0 Å². The van der Waals surface area contributed by atoms with Gasteiger partial charge in [-0.25, -0.2) is 4.98 Å². The first-order valence-electron chi connectivity index (χ1n) is 6.61. The Morgan fingerprint density at radius 1 is 0.900 bits per heavy atom. The SMILES string of the molecule is CNCc1csc(-c2ccc(-c3ccccc3)cc2)n1. The quantitative estimate of drug-likeness (QED) is 0.775. The smallest absolute Gasteiger partial charge is 0.123 e. The zero-order valence-electron chi connectivity index (χ0n) is 11.3. The molecule has 1 N–H and O–H groups in total. The minimum atomic E-state index is 0.818. The van der Waals surface area contributed by atoms with Crippen LogP contribution in [0.4, 0.5) is 0 Å². The minimum absolute atomic E-state index is 0.818. The molecule has 2 aromatic carbocycles. The Morgan fingerprint density at radius 3 is 2.25 bits per heavy atom. The second kappa shape index (κ2) is 5.99. The van der Waals surface area contributed by atoms with Crippen LogP contribution in [0, 0.1) is 0 Å². The molecule has 1 aromatic heterocycles. The van der Waals surface area contributed by atoms with Crippen LogP contribution in [0.5, 0.6) is 0 Å². The fraction of sp³-hybridized carbons (Fsp3) is 0.118. The van der Waals surface area contributed by atoms with E-state index in [4.69, 9.17) is 0 Å². The maximum absolute atomic E-state index is 4.63. The van der Waals surface area contributed by atoms with Crippen LogP contribution < -0.4 is 5.32 Å². The second-order valence-corrected chi connectivity index (χ2v) is 5.48. The molecular weight excluding hydrogens is 264 g/mol. The molecule has 0 unspecified atom stereocenters. The third-order valence-corrected chi connectivity index (χ3v) is 4.09. The van der Waals surface area contributed by atoms with Crippen molar-refractivity contribution >= 4 is 11.3 Å². The fourth-order valence-corrected chi connectivity index (χ4v) is 2.96. The molecule has 0 fully saturated rings. The summed E-state index contributed by atoms with van der Waals surface area (Å²) in [5.74, 6) is 0. The maximum atomic E-state index is 4.63. The summed E-state index contributed by atoms with van der Waals surface area (Å²) in [6, 6.07) is 19.0. The van der Waals surface area contributed by atoms with Crippen LogP contribution >= 0.6 is 11.3 Å². The van der Waals surface area contributed by atoms with Crippen LogP contribution in [-0.2, 0) is 6.54 Å². The van der Waals surface area contributed by atoms with Crippen molar-refractivity contribution in [2.24, 2.45) is 0 Å². The third-order valence-electron chi connectivity index (χ3n) is 3.15. The molecule has 0 atom stereocenters. The molecular formula is C17H16N2S. The lowest BCUT2D eigenvalue weighted by molar-refractivity contribution is 0.798. The van der Waals surface area contributed by atoms with E-state index >= 15 is 0 Å². The molecule has 2 nitrogen and oxygen atoms in total. The predicted octanol–water partition coefficient (Wildman–Crippen LogP) is 4.20. The topological polar surface area (TPSA) is 24.9 Å². The Bertz CT molecular complexity index is 672. The summed E-state index contributed by atoms with van der Waals surface area (Å²) >= 11 is 1.69. The van der Waals surface area contributed by atoms with E-state index in [-0.39, 0.29) is 0 Å². The number of nitrogens with one attached hydrogen (secondary N) is 1. The average molecular weight is 280 g/mol. The van der Waals surface area contributed by atoms with Crippen LogP contribution in [0.15, 0.2) is 60.0 Å². The Balaban J connectivity index is 1.85. The van der Waals surface area contributed by atoms with Gasteiger partial charge in [0.25, 0.3) is 0 Å². The van der Waals surface area contributed by atoms with Gasteiger partial charge in [-0.1, -0.05) is 54.6 Å². The highest BCUT2D eigenvalue weighted by Crippen LogP contribution is 2.27. The normalized spacial score (nSPS) is 10.7. The molecule has 0 aliphatic carbocycles. The predicted molar refractivity (Wildman–Crippen MR) is 85.7 cm³/mol. The van der Waals surface area contributed by atoms with Gasteiger partial charge in [-0.05, 0) is 18.2 Å². The molecule has 0 aliphatic heterocycles. The first kappa shape index (κ1) is 13.0. The second-order valence-electron chi connectivity index (χ2n) is 4.62. The van der Waals surface area contributed by atoms with E-state index < -0.39 is 0 Å². The zero-order chi connectivity index (χ0) is 13.8. The molecule has 100 valence electrons. The third kappa shape index (κ3) is 2.79. The van der Waals surface area contributed by atoms with Crippen molar-refractivity contribution in [2.45, 2.75) is 6.54 Å². The molecule has 20 heavy (non-hydrogen) atoms. The lowest BCUT2D eigenvalue weighted by atomic mass is 10.0. The Hall–Kier alpha value is -1.97. The van der Waals surface area contributed by atoms with Crippen molar-refractivity contribution in [1.82, 2.24) is 10.3 Å². The fourth-order valence-electron chi connectivity index (χ4n) is 2.14. The van der Waals surface area contributed by atoms with Crippen LogP contribution in [0.1, 0.15) is 5.69 Å². The van der Waals surface area contributed by atoms with Gasteiger partial charge in [0, 0.05) is 17.5 Å². The van der Waals surface area contributed by atoms with Gasteiger partial charge in [-0.2, -0.15) is 0 Å². The standard InChI is InChI=1S/C17H16N2S/c1-18-11-16-12-20-17(19-16)15-9-7-14(8-10-15)13-5-3-2-4-6-13/h2-10,12,18H,11H2,1H3. The van der Waals surface area contributed by atoms with Crippen LogP contribution in [0.25, 0.3) is 21.7 Å². The van der Waals surface area contributed by atoms with E-state index in [1.165, 1.54) is 16.7 Å². The average Bonchev–Trinajstić information content (AvgIpc) is 2.97.